The van der Waals surface area contributed by atoms with E-state index < -0.39 is 0 Å². The van der Waals surface area contributed by atoms with Gasteiger partial charge in [0.05, 0.1) is 6.61 Å². The number of hydrogen-bond donors (Lipinski definition) is 1. The van der Waals surface area contributed by atoms with Crippen molar-refractivity contribution in [3.05, 3.63) is 58.6 Å². The van der Waals surface area contributed by atoms with E-state index in [1.54, 1.807) is 18.5 Å². The van der Waals surface area contributed by atoms with Gasteiger partial charge in [-0.1, -0.05) is 23.7 Å². The number of ketones is 1. The number of carbonyl (C=O) groups is 1. The van der Waals surface area contributed by atoms with Crippen LogP contribution in [0.2, 0.25) is 5.02 Å². The van der Waals surface area contributed by atoms with Crippen LogP contribution in [0.25, 0.3) is 0 Å². The molecule has 0 aliphatic carbocycles. The lowest BCUT2D eigenvalue weighted by molar-refractivity contribution is -0.117. The van der Waals surface area contributed by atoms with Crippen LogP contribution >= 0.6 is 11.6 Å². The third-order valence-corrected chi connectivity index (χ3v) is 3.87. The summed E-state index contributed by atoms with van der Waals surface area (Å²) in [6, 6.07) is 7.36. The Morgan fingerprint density at radius 1 is 1.26 bits per heavy atom. The molecule has 1 N–H and O–H groups in total. The first-order valence-electron chi connectivity index (χ1n) is 7.60. The number of nitrogens with zero attached hydrogens (tertiary/aromatic N) is 2. The molecule has 0 saturated carbocycles. The van der Waals surface area contributed by atoms with Crippen LogP contribution in [0.5, 0.6) is 0 Å². The minimum absolute atomic E-state index is 0.110. The van der Waals surface area contributed by atoms with E-state index in [1.807, 2.05) is 18.2 Å². The molecular weight excluding hydrogens is 314 g/mol. The zero-order valence-corrected chi connectivity index (χ0v) is 13.4. The second kappa shape index (κ2) is 7.64. The van der Waals surface area contributed by atoms with Crippen molar-refractivity contribution in [1.82, 2.24) is 15.3 Å². The number of hydrogen-bond acceptors (Lipinski definition) is 5. The van der Waals surface area contributed by atoms with Gasteiger partial charge in [-0.2, -0.15) is 0 Å². The summed E-state index contributed by atoms with van der Waals surface area (Å²) in [5, 5.41) is 3.88. The second-order valence-electron chi connectivity index (χ2n) is 5.54. The van der Waals surface area contributed by atoms with Gasteiger partial charge in [0.1, 0.15) is 11.9 Å². The molecule has 0 spiro atoms. The van der Waals surface area contributed by atoms with Crippen molar-refractivity contribution in [3.63, 3.8) is 0 Å². The van der Waals surface area contributed by atoms with Crippen LogP contribution < -0.4 is 5.32 Å². The van der Waals surface area contributed by atoms with E-state index in [1.165, 1.54) is 0 Å². The number of aromatic nitrogens is 2. The lowest BCUT2D eigenvalue weighted by Gasteiger charge is -2.22. The molecule has 1 aliphatic rings. The van der Waals surface area contributed by atoms with Gasteiger partial charge in [-0.25, -0.2) is 9.97 Å². The highest BCUT2D eigenvalue weighted by Gasteiger charge is 2.18. The van der Waals surface area contributed by atoms with Gasteiger partial charge >= 0.3 is 0 Å². The summed E-state index contributed by atoms with van der Waals surface area (Å²) in [6.45, 7) is 2.23. The van der Waals surface area contributed by atoms with Crippen molar-refractivity contribution < 1.29 is 9.53 Å². The number of rotatable bonds is 5. The fourth-order valence-electron chi connectivity index (χ4n) is 2.52. The second-order valence-corrected chi connectivity index (χ2v) is 5.97. The molecule has 1 unspecified atom stereocenters. The molecule has 5 nitrogen and oxygen atoms in total. The van der Waals surface area contributed by atoms with Gasteiger partial charge in [-0.15, -0.1) is 0 Å². The van der Waals surface area contributed by atoms with Crippen molar-refractivity contribution in [2.45, 2.75) is 18.9 Å². The number of benzene rings is 1. The molecule has 23 heavy (non-hydrogen) atoms. The molecule has 2 heterocycles. The maximum Gasteiger partial charge on any atom is 0.158 e. The maximum absolute atomic E-state index is 12.1. The number of carbonyl (C=O) groups excluding carboxylic acids is 1. The number of morpholine rings is 1. The molecule has 0 bridgehead atoms. The monoisotopic (exact) mass is 331 g/mol. The first-order valence-corrected chi connectivity index (χ1v) is 7.98. The average Bonchev–Trinajstić information content (AvgIpc) is 2.56. The molecule has 0 radical (unpaired) electrons. The topological polar surface area (TPSA) is 64.1 Å². The molecule has 1 aromatic carbocycles. The van der Waals surface area contributed by atoms with Crippen molar-refractivity contribution in [2.75, 3.05) is 19.7 Å². The molecule has 120 valence electrons. The van der Waals surface area contributed by atoms with E-state index in [0.29, 0.717) is 36.8 Å². The molecule has 1 aromatic heterocycles. The van der Waals surface area contributed by atoms with Gasteiger partial charge in [0.2, 0.25) is 0 Å². The molecular formula is C17H18ClN3O2. The van der Waals surface area contributed by atoms with E-state index >= 15 is 0 Å². The Morgan fingerprint density at radius 3 is 2.74 bits per heavy atom. The molecule has 0 amide bonds. The molecule has 3 rings (SSSR count). The largest absolute Gasteiger partial charge is 0.368 e. The maximum atomic E-state index is 12.1. The summed E-state index contributed by atoms with van der Waals surface area (Å²) >= 11 is 5.93. The molecule has 1 atom stereocenters. The molecule has 6 heteroatoms. The smallest absolute Gasteiger partial charge is 0.158 e. The summed E-state index contributed by atoms with van der Waals surface area (Å²) in [5.74, 6) is 0.766. The summed E-state index contributed by atoms with van der Waals surface area (Å²) in [4.78, 5) is 20.8. The SMILES string of the molecule is O=C(Cc1cnc(C2CNCCO2)nc1)Cc1cccc(Cl)c1. The van der Waals surface area contributed by atoms with E-state index in [9.17, 15) is 4.79 Å². The Bertz CT molecular complexity index is 670. The van der Waals surface area contributed by atoms with Crippen molar-refractivity contribution in [1.29, 1.82) is 0 Å². The first kappa shape index (κ1) is 16.1. The summed E-state index contributed by atoms with van der Waals surface area (Å²) in [7, 11) is 0. The van der Waals surface area contributed by atoms with E-state index in [-0.39, 0.29) is 11.9 Å². The van der Waals surface area contributed by atoms with Gasteiger partial charge < -0.3 is 10.1 Å². The Morgan fingerprint density at radius 2 is 2.04 bits per heavy atom. The van der Waals surface area contributed by atoms with E-state index in [4.69, 9.17) is 16.3 Å². The molecule has 2 aromatic rings. The average molecular weight is 332 g/mol. The number of Topliss-reactive ketones (excluding diaryl/α,β-unsaturated/α-hetero) is 1. The van der Waals surface area contributed by atoms with E-state index in [2.05, 4.69) is 15.3 Å². The number of halogens is 1. The highest BCUT2D eigenvalue weighted by atomic mass is 35.5. The lowest BCUT2D eigenvalue weighted by Crippen LogP contribution is -2.34. The Kier molecular flexibility index (Phi) is 5.33. The third kappa shape index (κ3) is 4.58. The van der Waals surface area contributed by atoms with Crippen LogP contribution in [0.4, 0.5) is 0 Å². The van der Waals surface area contributed by atoms with Crippen LogP contribution in [-0.4, -0.2) is 35.4 Å². The molecule has 1 fully saturated rings. The van der Waals surface area contributed by atoms with Crippen LogP contribution in [0, 0.1) is 0 Å². The Labute approximate surface area is 140 Å². The van der Waals surface area contributed by atoms with Gasteiger partial charge in [-0.3, -0.25) is 4.79 Å². The Hall–Kier alpha value is -1.82. The van der Waals surface area contributed by atoms with Crippen molar-refractivity contribution in [2.24, 2.45) is 0 Å². The number of ether oxygens (including phenoxy) is 1. The van der Waals surface area contributed by atoms with Crippen LogP contribution in [0.3, 0.4) is 0 Å². The fourth-order valence-corrected chi connectivity index (χ4v) is 2.73. The quantitative estimate of drug-likeness (QED) is 0.909. The standard InChI is InChI=1S/C17H18ClN3O2/c18-14-3-1-2-12(6-14)7-15(22)8-13-9-20-17(21-10-13)16-11-19-4-5-23-16/h1-3,6,9-10,16,19H,4-5,7-8,11H2. The molecule has 1 saturated heterocycles. The van der Waals surface area contributed by atoms with Crippen LogP contribution in [-0.2, 0) is 22.4 Å². The van der Waals surface area contributed by atoms with Gasteiger partial charge in [0.25, 0.3) is 0 Å². The first-order chi connectivity index (χ1) is 11.2. The summed E-state index contributed by atoms with van der Waals surface area (Å²) in [6.07, 6.45) is 3.97. The normalized spacial score (nSPS) is 17.9. The highest BCUT2D eigenvalue weighted by Crippen LogP contribution is 2.15. The third-order valence-electron chi connectivity index (χ3n) is 3.63. The van der Waals surface area contributed by atoms with Crippen LogP contribution in [0.15, 0.2) is 36.7 Å². The van der Waals surface area contributed by atoms with Gasteiger partial charge in [0, 0.05) is 43.3 Å². The van der Waals surface area contributed by atoms with Gasteiger partial charge in [0.15, 0.2) is 5.82 Å². The zero-order chi connectivity index (χ0) is 16.1. The predicted molar refractivity (Wildman–Crippen MR) is 87.5 cm³/mol. The fraction of sp³-hybridized carbons (Fsp3) is 0.353. The summed E-state index contributed by atoms with van der Waals surface area (Å²) in [5.41, 5.74) is 1.73. The van der Waals surface area contributed by atoms with Crippen LogP contribution in [0.1, 0.15) is 23.1 Å². The minimum Gasteiger partial charge on any atom is -0.368 e. The number of nitrogens with one attached hydrogen (secondary N) is 1. The zero-order valence-electron chi connectivity index (χ0n) is 12.7. The Balaban J connectivity index is 1.58. The summed E-state index contributed by atoms with van der Waals surface area (Å²) < 4.78 is 5.61. The van der Waals surface area contributed by atoms with Crippen molar-refractivity contribution >= 4 is 17.4 Å². The predicted octanol–water partition coefficient (Wildman–Crippen LogP) is 2.15. The van der Waals surface area contributed by atoms with Crippen molar-refractivity contribution in [3.8, 4) is 0 Å². The van der Waals surface area contributed by atoms with E-state index in [0.717, 1.165) is 17.7 Å². The molecule has 1 aliphatic heterocycles. The van der Waals surface area contributed by atoms with Gasteiger partial charge in [-0.05, 0) is 23.3 Å². The lowest BCUT2D eigenvalue weighted by atomic mass is 10.0. The minimum atomic E-state index is -0.111. The highest BCUT2D eigenvalue weighted by molar-refractivity contribution is 6.30.